The summed E-state index contributed by atoms with van der Waals surface area (Å²) >= 11 is 7.07. The maximum atomic E-state index is 12.3. The molecule has 0 unspecified atom stereocenters. The van der Waals surface area contributed by atoms with Crippen LogP contribution in [-0.4, -0.2) is 34.6 Å². The highest BCUT2D eigenvalue weighted by molar-refractivity contribution is 8.15. The Morgan fingerprint density at radius 3 is 2.77 bits per heavy atom. The lowest BCUT2D eigenvalue weighted by atomic mass is 10.1. The number of hydrogen-bond donors (Lipinski definition) is 2. The van der Waals surface area contributed by atoms with E-state index in [1.54, 1.807) is 30.3 Å². The van der Waals surface area contributed by atoms with E-state index >= 15 is 0 Å². The minimum Gasteiger partial charge on any atom is -0.494 e. The number of hydrogen-bond acceptors (Lipinski definition) is 6. The summed E-state index contributed by atoms with van der Waals surface area (Å²) in [5.41, 5.74) is 2.18. The number of thioether (sulfide) groups is 1. The summed E-state index contributed by atoms with van der Waals surface area (Å²) in [4.78, 5) is 24.5. The lowest BCUT2D eigenvalue weighted by molar-refractivity contribution is -0.122. The normalized spacial score (nSPS) is 17.7. The molecule has 156 valence electrons. The van der Waals surface area contributed by atoms with Crippen LogP contribution in [0.25, 0.3) is 0 Å². The molecule has 9 heteroatoms. The average Bonchev–Trinajstić information content (AvgIpc) is 3.06. The van der Waals surface area contributed by atoms with Crippen molar-refractivity contribution in [2.45, 2.75) is 25.5 Å². The second kappa shape index (κ2) is 10.3. The highest BCUT2D eigenvalue weighted by Crippen LogP contribution is 2.24. The molecular weight excluding hydrogens is 424 g/mol. The monoisotopic (exact) mass is 444 g/mol. The smallest absolute Gasteiger partial charge is 0.240 e. The van der Waals surface area contributed by atoms with Crippen molar-refractivity contribution in [3.8, 4) is 5.75 Å². The topological polar surface area (TPSA) is 92.2 Å². The number of halogens is 1. The number of benzene rings is 2. The molecule has 2 aromatic carbocycles. The van der Waals surface area contributed by atoms with Crippen molar-refractivity contribution in [3.63, 3.8) is 0 Å². The van der Waals surface area contributed by atoms with Gasteiger partial charge in [0, 0.05) is 23.2 Å². The summed E-state index contributed by atoms with van der Waals surface area (Å²) in [6, 6.07) is 14.3. The maximum absolute atomic E-state index is 12.3. The Morgan fingerprint density at radius 2 is 2.03 bits per heavy atom. The molecule has 3 rings (SSSR count). The summed E-state index contributed by atoms with van der Waals surface area (Å²) in [6.45, 7) is 4.25. The number of anilines is 1. The molecule has 1 atom stereocenters. The first-order chi connectivity index (χ1) is 14.4. The second-order valence-corrected chi connectivity index (χ2v) is 8.03. The molecule has 1 saturated heterocycles. The van der Waals surface area contributed by atoms with Gasteiger partial charge in [0.2, 0.25) is 11.8 Å². The third kappa shape index (κ3) is 6.08. The van der Waals surface area contributed by atoms with Crippen LogP contribution < -0.4 is 15.4 Å². The molecule has 0 bridgehead atoms. The van der Waals surface area contributed by atoms with Crippen molar-refractivity contribution in [1.29, 1.82) is 0 Å². The Hall–Kier alpha value is -2.84. The largest absolute Gasteiger partial charge is 0.494 e. The maximum Gasteiger partial charge on any atom is 0.240 e. The molecule has 7 nitrogen and oxygen atoms in total. The highest BCUT2D eigenvalue weighted by atomic mass is 35.5. The zero-order valence-electron chi connectivity index (χ0n) is 16.5. The fourth-order valence-electron chi connectivity index (χ4n) is 2.67. The Balaban J connectivity index is 1.58. The lowest BCUT2D eigenvalue weighted by Gasteiger charge is -2.09. The van der Waals surface area contributed by atoms with Crippen molar-refractivity contribution in [1.82, 2.24) is 5.32 Å². The van der Waals surface area contributed by atoms with Gasteiger partial charge in [-0.15, -0.1) is 5.10 Å². The van der Waals surface area contributed by atoms with E-state index < -0.39 is 5.25 Å². The minimum absolute atomic E-state index is 0.0221. The first kappa shape index (κ1) is 21.9. The molecule has 0 aliphatic carbocycles. The van der Waals surface area contributed by atoms with Gasteiger partial charge in [0.25, 0.3) is 0 Å². The third-order valence-electron chi connectivity index (χ3n) is 4.13. The van der Waals surface area contributed by atoms with Gasteiger partial charge in [0.15, 0.2) is 5.17 Å². The van der Waals surface area contributed by atoms with E-state index in [9.17, 15) is 9.59 Å². The number of ether oxygens (including phenoxy) is 1. The van der Waals surface area contributed by atoms with Gasteiger partial charge in [0.05, 0.1) is 12.3 Å². The molecule has 2 N–H and O–H groups in total. The van der Waals surface area contributed by atoms with Crippen LogP contribution in [0.15, 0.2) is 58.7 Å². The van der Waals surface area contributed by atoms with E-state index in [4.69, 9.17) is 16.3 Å². The van der Waals surface area contributed by atoms with E-state index in [2.05, 4.69) is 20.8 Å². The summed E-state index contributed by atoms with van der Waals surface area (Å²) in [5, 5.41) is 14.2. The SMILES string of the molecule is CCOc1cccc(NC(=O)C[C@@H]2S/C(=N\N=C(\C)c3ccc(Cl)cc3)NC2=O)c1. The van der Waals surface area contributed by atoms with Gasteiger partial charge in [0.1, 0.15) is 11.0 Å². The Morgan fingerprint density at radius 1 is 1.27 bits per heavy atom. The Labute approximate surface area is 183 Å². The van der Waals surface area contributed by atoms with E-state index in [1.807, 2.05) is 32.0 Å². The molecular formula is C21H21ClN4O3S. The standard InChI is InChI=1S/C21H21ClN4O3S/c1-3-29-17-6-4-5-16(11-17)23-19(27)12-18-20(28)24-21(30-18)26-25-13(2)14-7-9-15(22)10-8-14/h4-11,18H,3,12H2,1-2H3,(H,23,27)(H,24,26,28)/b25-13-/t18-/m0/s1. The van der Waals surface area contributed by atoms with Crippen LogP contribution >= 0.6 is 23.4 Å². The quantitative estimate of drug-likeness (QED) is 0.497. The van der Waals surface area contributed by atoms with Crippen molar-refractivity contribution in [3.05, 3.63) is 59.1 Å². The molecule has 1 aliphatic rings. The molecule has 0 saturated carbocycles. The van der Waals surface area contributed by atoms with E-state index in [-0.39, 0.29) is 18.2 Å². The van der Waals surface area contributed by atoms with Gasteiger partial charge in [-0.05, 0) is 43.7 Å². The molecule has 0 aromatic heterocycles. The molecule has 0 spiro atoms. The van der Waals surface area contributed by atoms with Crippen molar-refractivity contribution >= 4 is 51.7 Å². The fourth-order valence-corrected chi connectivity index (χ4v) is 3.71. The number of amides is 2. The van der Waals surface area contributed by atoms with E-state index in [0.29, 0.717) is 33.9 Å². The molecule has 1 fully saturated rings. The minimum atomic E-state index is -0.565. The van der Waals surface area contributed by atoms with Crippen molar-refractivity contribution in [2.75, 3.05) is 11.9 Å². The van der Waals surface area contributed by atoms with Crippen LogP contribution in [0.5, 0.6) is 5.75 Å². The highest BCUT2D eigenvalue weighted by Gasteiger charge is 2.32. The number of rotatable bonds is 7. The van der Waals surface area contributed by atoms with E-state index in [1.165, 1.54) is 11.8 Å². The lowest BCUT2D eigenvalue weighted by Crippen LogP contribution is -2.28. The Bertz CT molecular complexity index is 992. The second-order valence-electron chi connectivity index (χ2n) is 6.41. The summed E-state index contributed by atoms with van der Waals surface area (Å²) in [6.07, 6.45) is 0.0221. The van der Waals surface area contributed by atoms with Crippen LogP contribution in [0.3, 0.4) is 0 Å². The third-order valence-corrected chi connectivity index (χ3v) is 5.45. The number of nitrogens with zero attached hydrogens (tertiary/aromatic N) is 2. The van der Waals surface area contributed by atoms with Gasteiger partial charge >= 0.3 is 0 Å². The fraction of sp³-hybridized carbons (Fsp3) is 0.238. The predicted octanol–water partition coefficient (Wildman–Crippen LogP) is 4.08. The summed E-state index contributed by atoms with van der Waals surface area (Å²) in [5.74, 6) is 0.140. The summed E-state index contributed by atoms with van der Waals surface area (Å²) < 4.78 is 5.42. The molecule has 0 radical (unpaired) electrons. The van der Waals surface area contributed by atoms with Crippen molar-refractivity contribution < 1.29 is 14.3 Å². The average molecular weight is 445 g/mol. The molecule has 2 aromatic rings. The number of carbonyl (C=O) groups is 2. The van der Waals surface area contributed by atoms with Gasteiger partial charge in [-0.25, -0.2) is 0 Å². The molecule has 1 heterocycles. The van der Waals surface area contributed by atoms with Crippen LogP contribution in [0.1, 0.15) is 25.8 Å². The van der Waals surface area contributed by atoms with Crippen LogP contribution in [0.2, 0.25) is 5.02 Å². The molecule has 30 heavy (non-hydrogen) atoms. The zero-order valence-corrected chi connectivity index (χ0v) is 18.1. The van der Waals surface area contributed by atoms with Gasteiger partial charge in [-0.3, -0.25) is 9.59 Å². The van der Waals surface area contributed by atoms with Crippen LogP contribution in [-0.2, 0) is 9.59 Å². The molecule has 1 aliphatic heterocycles. The number of carbonyl (C=O) groups excluding carboxylic acids is 2. The van der Waals surface area contributed by atoms with Gasteiger partial charge < -0.3 is 15.4 Å². The van der Waals surface area contributed by atoms with Crippen molar-refractivity contribution in [2.24, 2.45) is 10.2 Å². The Kier molecular flexibility index (Phi) is 7.48. The van der Waals surface area contributed by atoms with Gasteiger partial charge in [-0.1, -0.05) is 41.6 Å². The summed E-state index contributed by atoms with van der Waals surface area (Å²) in [7, 11) is 0. The van der Waals surface area contributed by atoms with Crippen LogP contribution in [0, 0.1) is 0 Å². The molecule has 2 amide bonds. The number of amidine groups is 1. The predicted molar refractivity (Wildman–Crippen MR) is 121 cm³/mol. The number of nitrogens with one attached hydrogen (secondary N) is 2. The zero-order chi connectivity index (χ0) is 21.5. The first-order valence-electron chi connectivity index (χ1n) is 9.33. The first-order valence-corrected chi connectivity index (χ1v) is 10.6. The van der Waals surface area contributed by atoms with E-state index in [0.717, 1.165) is 5.56 Å². The van der Waals surface area contributed by atoms with Gasteiger partial charge in [-0.2, -0.15) is 5.10 Å². The van der Waals surface area contributed by atoms with Crippen LogP contribution in [0.4, 0.5) is 5.69 Å².